The molecule has 0 aliphatic heterocycles. The molecule has 1 aromatic heterocycles. The summed E-state index contributed by atoms with van der Waals surface area (Å²) in [6.07, 6.45) is -3.83. The molecule has 0 atom stereocenters. The second-order valence-electron chi connectivity index (χ2n) is 2.97. The van der Waals surface area contributed by atoms with E-state index in [0.29, 0.717) is 0 Å². The predicted octanol–water partition coefficient (Wildman–Crippen LogP) is 2.16. The predicted molar refractivity (Wildman–Crippen MR) is 59.9 cm³/mol. The first-order valence-electron chi connectivity index (χ1n) is 4.16. The minimum absolute atomic E-state index is 0.0831. The largest absolute Gasteiger partial charge is 0.481 e. The monoisotopic (exact) mass is 358 g/mol. The first-order valence-corrected chi connectivity index (χ1v) is 5.24. The smallest absolute Gasteiger partial charge is 0.308 e. The highest BCUT2D eigenvalue weighted by Gasteiger charge is 2.29. The fourth-order valence-electron chi connectivity index (χ4n) is 1.24. The van der Waals surface area contributed by atoms with Gasteiger partial charge in [-0.3, -0.25) is 14.9 Å². The van der Waals surface area contributed by atoms with Gasteiger partial charge in [-0.25, -0.2) is 13.8 Å². The minimum Gasteiger partial charge on any atom is -0.481 e. The molecule has 0 saturated heterocycles. The Morgan fingerprint density at radius 1 is 1.65 bits per heavy atom. The van der Waals surface area contributed by atoms with Gasteiger partial charge in [0.2, 0.25) is 0 Å². The number of hydrogen-bond donors (Lipinski definition) is 1. The maximum atomic E-state index is 12.6. The molecule has 9 heteroatoms. The third kappa shape index (κ3) is 3.28. The summed E-state index contributed by atoms with van der Waals surface area (Å²) in [7, 11) is 0. The van der Waals surface area contributed by atoms with Crippen molar-refractivity contribution in [2.75, 3.05) is 0 Å². The van der Waals surface area contributed by atoms with Gasteiger partial charge in [-0.1, -0.05) is 0 Å². The van der Waals surface area contributed by atoms with Gasteiger partial charge in [-0.05, 0) is 28.7 Å². The van der Waals surface area contributed by atoms with Crippen LogP contribution in [-0.2, 0) is 11.2 Å². The molecule has 6 nitrogen and oxygen atoms in total. The summed E-state index contributed by atoms with van der Waals surface area (Å²) in [5.74, 6) is -1.34. The summed E-state index contributed by atoms with van der Waals surface area (Å²) < 4.78 is 25.2. The molecule has 1 aromatic rings. The summed E-state index contributed by atoms with van der Waals surface area (Å²) in [6.45, 7) is 0. The summed E-state index contributed by atoms with van der Waals surface area (Å²) in [6, 6.07) is 1.11. The van der Waals surface area contributed by atoms with Crippen molar-refractivity contribution in [3.8, 4) is 0 Å². The van der Waals surface area contributed by atoms with Gasteiger partial charge in [0.1, 0.15) is 3.70 Å². The quantitative estimate of drug-likeness (QED) is 0.385. The fraction of sp³-hybridized carbons (Fsp3) is 0.250. The lowest BCUT2D eigenvalue weighted by Crippen LogP contribution is -2.09. The van der Waals surface area contributed by atoms with E-state index in [0.717, 1.165) is 6.07 Å². The number of aliphatic carboxylic acids is 1. The van der Waals surface area contributed by atoms with Crippen molar-refractivity contribution in [2.24, 2.45) is 0 Å². The van der Waals surface area contributed by atoms with Crippen LogP contribution in [0.4, 0.5) is 14.5 Å². The van der Waals surface area contributed by atoms with Crippen LogP contribution in [0, 0.1) is 13.8 Å². The summed E-state index contributed by atoms with van der Waals surface area (Å²) in [5, 5.41) is 19.2. The molecule has 0 unspecified atom stereocenters. The van der Waals surface area contributed by atoms with Gasteiger partial charge in [0, 0.05) is 5.56 Å². The van der Waals surface area contributed by atoms with Gasteiger partial charge in [0.05, 0.1) is 11.3 Å². The van der Waals surface area contributed by atoms with Gasteiger partial charge in [-0.15, -0.1) is 0 Å². The number of nitrogens with zero attached hydrogens (tertiary/aromatic N) is 2. The molecule has 0 aromatic carbocycles. The summed E-state index contributed by atoms with van der Waals surface area (Å²) in [4.78, 5) is 23.5. The zero-order valence-corrected chi connectivity index (χ0v) is 10.2. The molecular weight excluding hydrogens is 353 g/mol. The number of carboxylic acids is 1. The maximum absolute atomic E-state index is 12.6. The first kappa shape index (κ1) is 13.7. The molecule has 0 bridgehead atoms. The molecule has 0 radical (unpaired) electrons. The Hall–Kier alpha value is -1.39. The van der Waals surface area contributed by atoms with Crippen LogP contribution < -0.4 is 0 Å². The van der Waals surface area contributed by atoms with Crippen molar-refractivity contribution < 1.29 is 23.6 Å². The van der Waals surface area contributed by atoms with Crippen molar-refractivity contribution in [3.63, 3.8) is 0 Å². The number of carbonyl (C=O) groups is 1. The van der Waals surface area contributed by atoms with Gasteiger partial charge < -0.3 is 5.11 Å². The third-order valence-electron chi connectivity index (χ3n) is 1.80. The normalized spacial score (nSPS) is 10.6. The zero-order valence-electron chi connectivity index (χ0n) is 8.06. The van der Waals surface area contributed by atoms with E-state index in [9.17, 15) is 23.7 Å². The Morgan fingerprint density at radius 3 is 2.65 bits per heavy atom. The topological polar surface area (TPSA) is 93.3 Å². The Labute approximate surface area is 107 Å². The molecule has 92 valence electrons. The molecule has 0 amide bonds. The zero-order chi connectivity index (χ0) is 13.2. The molecular formula is C8H5F2IN2O4. The van der Waals surface area contributed by atoms with Crippen LogP contribution in [0.2, 0.25) is 0 Å². The van der Waals surface area contributed by atoms with E-state index in [1.54, 1.807) is 22.6 Å². The highest BCUT2D eigenvalue weighted by Crippen LogP contribution is 2.31. The second kappa shape index (κ2) is 5.29. The van der Waals surface area contributed by atoms with Crippen LogP contribution in [0.5, 0.6) is 0 Å². The fourth-order valence-corrected chi connectivity index (χ4v) is 1.87. The highest BCUT2D eigenvalue weighted by molar-refractivity contribution is 14.1. The third-order valence-corrected chi connectivity index (χ3v) is 2.35. The number of carboxylic acid groups (broad SMARTS) is 1. The van der Waals surface area contributed by atoms with Gasteiger partial charge in [0.15, 0.2) is 5.69 Å². The number of pyridine rings is 1. The van der Waals surface area contributed by atoms with Crippen LogP contribution in [0.3, 0.4) is 0 Å². The second-order valence-corrected chi connectivity index (χ2v) is 4.07. The lowest BCUT2D eigenvalue weighted by atomic mass is 10.1. The lowest BCUT2D eigenvalue weighted by molar-refractivity contribution is -0.387. The lowest BCUT2D eigenvalue weighted by Gasteiger charge is -2.06. The molecule has 1 N–H and O–H groups in total. The molecule has 0 fully saturated rings. The van der Waals surface area contributed by atoms with Crippen LogP contribution in [0.1, 0.15) is 17.7 Å². The van der Waals surface area contributed by atoms with E-state index in [1.807, 2.05) is 0 Å². The summed E-state index contributed by atoms with van der Waals surface area (Å²) in [5.41, 5.74) is -2.21. The number of alkyl halides is 2. The van der Waals surface area contributed by atoms with Crippen LogP contribution in [0.15, 0.2) is 6.07 Å². The number of aromatic nitrogens is 1. The van der Waals surface area contributed by atoms with Gasteiger partial charge in [-0.2, -0.15) is 0 Å². The first-order chi connectivity index (χ1) is 7.82. The van der Waals surface area contributed by atoms with E-state index >= 15 is 0 Å². The number of nitro groups is 1. The van der Waals surface area contributed by atoms with E-state index in [1.165, 1.54) is 0 Å². The average molecular weight is 358 g/mol. The maximum Gasteiger partial charge on any atom is 0.308 e. The molecule has 0 spiro atoms. The van der Waals surface area contributed by atoms with E-state index < -0.39 is 35.1 Å². The average Bonchev–Trinajstić information content (AvgIpc) is 2.14. The van der Waals surface area contributed by atoms with Gasteiger partial charge >= 0.3 is 5.97 Å². The molecule has 1 rings (SSSR count). The van der Waals surface area contributed by atoms with Crippen molar-refractivity contribution in [1.29, 1.82) is 0 Å². The molecule has 0 aliphatic rings. The number of rotatable bonds is 4. The Kier molecular flexibility index (Phi) is 4.26. The number of halogens is 3. The Balaban J connectivity index is 3.45. The van der Waals surface area contributed by atoms with Gasteiger partial charge in [0.25, 0.3) is 12.1 Å². The van der Waals surface area contributed by atoms with E-state index in [2.05, 4.69) is 4.98 Å². The van der Waals surface area contributed by atoms with Crippen LogP contribution >= 0.6 is 22.6 Å². The highest BCUT2D eigenvalue weighted by atomic mass is 127. The standard InChI is InChI=1S/C8H5F2IN2O4/c9-8(10)6-7(13(16)17)3(2-5(14)15)1-4(11)12-6/h1,8H,2H2,(H,14,15). The van der Waals surface area contributed by atoms with Crippen LogP contribution in [-0.4, -0.2) is 21.0 Å². The molecule has 17 heavy (non-hydrogen) atoms. The molecule has 0 saturated carbocycles. The summed E-state index contributed by atoms with van der Waals surface area (Å²) >= 11 is 1.59. The van der Waals surface area contributed by atoms with Crippen molar-refractivity contribution in [1.82, 2.24) is 4.98 Å². The number of hydrogen-bond acceptors (Lipinski definition) is 4. The van der Waals surface area contributed by atoms with Crippen molar-refractivity contribution >= 4 is 34.2 Å². The Bertz CT molecular complexity index is 481. The van der Waals surface area contributed by atoms with E-state index in [-0.39, 0.29) is 9.26 Å². The Morgan fingerprint density at radius 2 is 2.24 bits per heavy atom. The minimum atomic E-state index is -3.13. The van der Waals surface area contributed by atoms with Crippen LogP contribution in [0.25, 0.3) is 0 Å². The molecule has 0 aliphatic carbocycles. The molecule has 1 heterocycles. The van der Waals surface area contributed by atoms with Crippen molar-refractivity contribution in [2.45, 2.75) is 12.8 Å². The SMILES string of the molecule is O=C(O)Cc1cc(I)nc(C(F)F)c1[N+](=O)[O-]. The van der Waals surface area contributed by atoms with E-state index in [4.69, 9.17) is 5.11 Å². The van der Waals surface area contributed by atoms with Crippen molar-refractivity contribution in [3.05, 3.63) is 31.1 Å².